The van der Waals surface area contributed by atoms with Crippen LogP contribution in [-0.2, 0) is 4.74 Å². The van der Waals surface area contributed by atoms with Gasteiger partial charge in [-0.2, -0.15) is 4.37 Å². The fourth-order valence-corrected chi connectivity index (χ4v) is 3.98. The number of hydrogen-bond donors (Lipinski definition) is 0. The van der Waals surface area contributed by atoms with Crippen molar-refractivity contribution in [2.24, 2.45) is 0 Å². The summed E-state index contributed by atoms with van der Waals surface area (Å²) in [5, 5.41) is 1.82. The van der Waals surface area contributed by atoms with E-state index in [1.54, 1.807) is 6.20 Å². The Hall–Kier alpha value is -2.06. The zero-order valence-electron chi connectivity index (χ0n) is 14.2. The molecule has 132 valence electrons. The van der Waals surface area contributed by atoms with Crippen molar-refractivity contribution in [2.75, 3.05) is 37.7 Å². The quantitative estimate of drug-likeness (QED) is 0.835. The average Bonchev–Trinajstić information content (AvgIpc) is 3.33. The largest absolute Gasteiger partial charge is 0.368 e. The minimum absolute atomic E-state index is 0.0216. The van der Waals surface area contributed by atoms with Gasteiger partial charge in [-0.1, -0.05) is 0 Å². The first-order valence-corrected chi connectivity index (χ1v) is 9.46. The highest BCUT2D eigenvalue weighted by Gasteiger charge is 2.29. The molecule has 4 heterocycles. The molecule has 0 aromatic carbocycles. The van der Waals surface area contributed by atoms with Crippen molar-refractivity contribution in [3.63, 3.8) is 0 Å². The fraction of sp³-hybridized carbons (Fsp3) is 0.529. The molecule has 25 heavy (non-hydrogen) atoms. The van der Waals surface area contributed by atoms with Gasteiger partial charge in [0.1, 0.15) is 6.10 Å². The molecule has 0 radical (unpaired) electrons. The molecular weight excluding hydrogens is 338 g/mol. The highest BCUT2D eigenvalue weighted by Crippen LogP contribution is 2.24. The van der Waals surface area contributed by atoms with Crippen LogP contribution in [0.25, 0.3) is 0 Å². The third kappa shape index (κ3) is 3.36. The topological polar surface area (TPSA) is 71.5 Å². The maximum Gasteiger partial charge on any atom is 0.256 e. The summed E-state index contributed by atoms with van der Waals surface area (Å²) in [7, 11) is 0. The average molecular weight is 359 g/mol. The van der Waals surface area contributed by atoms with E-state index in [9.17, 15) is 4.79 Å². The van der Waals surface area contributed by atoms with Crippen molar-refractivity contribution in [3.8, 4) is 0 Å². The molecule has 2 aromatic rings. The Morgan fingerprint density at radius 3 is 2.92 bits per heavy atom. The van der Waals surface area contributed by atoms with Gasteiger partial charge in [-0.25, -0.2) is 9.97 Å². The number of carbonyl (C=O) groups is 1. The van der Waals surface area contributed by atoms with E-state index in [0.29, 0.717) is 25.3 Å². The maximum absolute atomic E-state index is 12.7. The molecule has 2 aromatic heterocycles. The Morgan fingerprint density at radius 1 is 1.32 bits per heavy atom. The standard InChI is InChI=1S/C17H21N5O2S/c1-12-13(11-25-20-12)16(23)22-8-9-24-15(10-22)14-4-5-18-17(19-14)21-6-2-3-7-21/h4-5,11,15H,2-3,6-10H2,1H3/t15-/m1/s1. The lowest BCUT2D eigenvalue weighted by atomic mass is 10.1. The maximum atomic E-state index is 12.7. The summed E-state index contributed by atoms with van der Waals surface area (Å²) in [6.45, 7) is 5.48. The molecule has 0 aliphatic carbocycles. The zero-order chi connectivity index (χ0) is 17.2. The van der Waals surface area contributed by atoms with Gasteiger partial charge in [-0.05, 0) is 37.4 Å². The van der Waals surface area contributed by atoms with Gasteiger partial charge in [-0.15, -0.1) is 0 Å². The van der Waals surface area contributed by atoms with Crippen molar-refractivity contribution >= 4 is 23.4 Å². The molecule has 1 atom stereocenters. The number of aryl methyl sites for hydroxylation is 1. The molecule has 0 saturated carbocycles. The van der Waals surface area contributed by atoms with Crippen LogP contribution in [0.3, 0.4) is 0 Å². The van der Waals surface area contributed by atoms with Crippen LogP contribution in [-0.4, -0.2) is 57.9 Å². The summed E-state index contributed by atoms with van der Waals surface area (Å²) < 4.78 is 10.1. The molecule has 2 fully saturated rings. The number of ether oxygens (including phenoxy) is 1. The van der Waals surface area contributed by atoms with Gasteiger partial charge < -0.3 is 14.5 Å². The summed E-state index contributed by atoms with van der Waals surface area (Å²) in [5.41, 5.74) is 2.32. The minimum atomic E-state index is -0.214. The summed E-state index contributed by atoms with van der Waals surface area (Å²) in [4.78, 5) is 25.9. The lowest BCUT2D eigenvalue weighted by Crippen LogP contribution is -2.42. The molecule has 0 N–H and O–H groups in total. The number of carbonyl (C=O) groups excluding carboxylic acids is 1. The Balaban J connectivity index is 1.50. The van der Waals surface area contributed by atoms with Crippen LogP contribution in [0.15, 0.2) is 17.6 Å². The van der Waals surface area contributed by atoms with E-state index >= 15 is 0 Å². The number of nitrogens with zero attached hydrogens (tertiary/aromatic N) is 5. The second-order valence-electron chi connectivity index (χ2n) is 6.40. The molecule has 1 amide bonds. The molecular formula is C17H21N5O2S. The fourth-order valence-electron chi connectivity index (χ4n) is 3.29. The summed E-state index contributed by atoms with van der Waals surface area (Å²) in [6, 6.07) is 1.88. The molecule has 0 bridgehead atoms. The van der Waals surface area contributed by atoms with Gasteiger partial charge in [0.15, 0.2) is 0 Å². The van der Waals surface area contributed by atoms with Crippen LogP contribution < -0.4 is 4.90 Å². The third-order valence-corrected chi connectivity index (χ3v) is 5.44. The second-order valence-corrected chi connectivity index (χ2v) is 7.03. The van der Waals surface area contributed by atoms with Crippen molar-refractivity contribution in [2.45, 2.75) is 25.9 Å². The molecule has 4 rings (SSSR count). The first kappa shape index (κ1) is 16.4. The van der Waals surface area contributed by atoms with E-state index in [0.717, 1.165) is 30.4 Å². The van der Waals surface area contributed by atoms with Crippen LogP contribution in [0.2, 0.25) is 0 Å². The Morgan fingerprint density at radius 2 is 2.16 bits per heavy atom. The number of hydrogen-bond acceptors (Lipinski definition) is 7. The molecule has 8 heteroatoms. The molecule has 2 aliphatic heterocycles. The molecule has 0 unspecified atom stereocenters. The van der Waals surface area contributed by atoms with E-state index < -0.39 is 0 Å². The predicted molar refractivity (Wildman–Crippen MR) is 94.9 cm³/mol. The van der Waals surface area contributed by atoms with E-state index in [-0.39, 0.29) is 12.0 Å². The van der Waals surface area contributed by atoms with Crippen molar-refractivity contribution in [3.05, 3.63) is 34.6 Å². The van der Waals surface area contributed by atoms with E-state index in [4.69, 9.17) is 9.72 Å². The first-order valence-electron chi connectivity index (χ1n) is 8.62. The Bertz CT molecular complexity index is 759. The molecule has 7 nitrogen and oxygen atoms in total. The lowest BCUT2D eigenvalue weighted by molar-refractivity contribution is -0.0247. The number of anilines is 1. The van der Waals surface area contributed by atoms with E-state index in [1.807, 2.05) is 23.3 Å². The van der Waals surface area contributed by atoms with Crippen LogP contribution in [0, 0.1) is 6.92 Å². The van der Waals surface area contributed by atoms with Gasteiger partial charge in [0.2, 0.25) is 5.95 Å². The van der Waals surface area contributed by atoms with E-state index in [1.165, 1.54) is 24.4 Å². The van der Waals surface area contributed by atoms with Crippen LogP contribution >= 0.6 is 11.5 Å². The van der Waals surface area contributed by atoms with Crippen molar-refractivity contribution < 1.29 is 9.53 Å². The van der Waals surface area contributed by atoms with Gasteiger partial charge in [-0.3, -0.25) is 4.79 Å². The second kappa shape index (κ2) is 7.05. The smallest absolute Gasteiger partial charge is 0.256 e. The monoisotopic (exact) mass is 359 g/mol. The zero-order valence-corrected chi connectivity index (χ0v) is 15.0. The van der Waals surface area contributed by atoms with Gasteiger partial charge in [0, 0.05) is 31.2 Å². The van der Waals surface area contributed by atoms with Crippen LogP contribution in [0.1, 0.15) is 40.7 Å². The number of amides is 1. The van der Waals surface area contributed by atoms with Crippen molar-refractivity contribution in [1.82, 2.24) is 19.2 Å². The molecule has 0 spiro atoms. The van der Waals surface area contributed by atoms with Gasteiger partial charge in [0.25, 0.3) is 5.91 Å². The third-order valence-electron chi connectivity index (χ3n) is 4.72. The first-order chi connectivity index (χ1) is 12.2. The van der Waals surface area contributed by atoms with Crippen molar-refractivity contribution in [1.29, 1.82) is 0 Å². The highest BCUT2D eigenvalue weighted by atomic mass is 32.1. The molecule has 2 saturated heterocycles. The highest BCUT2D eigenvalue weighted by molar-refractivity contribution is 7.03. The van der Waals surface area contributed by atoms with Gasteiger partial charge >= 0.3 is 0 Å². The summed E-state index contributed by atoms with van der Waals surface area (Å²) in [6.07, 6.45) is 3.94. The number of aromatic nitrogens is 3. The number of morpholine rings is 1. The summed E-state index contributed by atoms with van der Waals surface area (Å²) in [5.74, 6) is 0.785. The van der Waals surface area contributed by atoms with Crippen LogP contribution in [0.5, 0.6) is 0 Å². The normalized spacial score (nSPS) is 20.9. The Kier molecular flexibility index (Phi) is 4.63. The summed E-state index contributed by atoms with van der Waals surface area (Å²) >= 11 is 1.32. The predicted octanol–water partition coefficient (Wildman–Crippen LogP) is 2.06. The van der Waals surface area contributed by atoms with Gasteiger partial charge in [0.05, 0.1) is 30.1 Å². The Labute approximate surface area is 150 Å². The minimum Gasteiger partial charge on any atom is -0.368 e. The number of rotatable bonds is 3. The van der Waals surface area contributed by atoms with Crippen LogP contribution in [0.4, 0.5) is 5.95 Å². The molecule has 2 aliphatic rings. The SMILES string of the molecule is Cc1nscc1C(=O)N1CCO[C@@H](c2ccnc(N3CCCC3)n2)C1. The van der Waals surface area contributed by atoms with E-state index in [2.05, 4.69) is 14.3 Å². The lowest BCUT2D eigenvalue weighted by Gasteiger charge is -2.32.